The van der Waals surface area contributed by atoms with Gasteiger partial charge in [-0.25, -0.2) is 0 Å². The number of aliphatic hydroxyl groups is 1. The van der Waals surface area contributed by atoms with Gasteiger partial charge in [-0.05, 0) is 124 Å². The van der Waals surface area contributed by atoms with Crippen molar-refractivity contribution in [1.29, 1.82) is 0 Å². The minimum Gasteiger partial charge on any atom is -0.461 e. The van der Waals surface area contributed by atoms with Crippen LogP contribution in [0.5, 0.6) is 0 Å². The van der Waals surface area contributed by atoms with E-state index in [0.29, 0.717) is 25.9 Å². The van der Waals surface area contributed by atoms with Crippen molar-refractivity contribution in [3.05, 3.63) is 90.8 Å². The highest BCUT2D eigenvalue weighted by molar-refractivity contribution is 5.72. The molecule has 324 valence electrons. The van der Waals surface area contributed by atoms with Gasteiger partial charge in [0, 0.05) is 75.1 Å². The number of aromatic nitrogens is 3. The number of aromatic amines is 3. The van der Waals surface area contributed by atoms with E-state index in [0.717, 1.165) is 92.0 Å². The van der Waals surface area contributed by atoms with Crippen LogP contribution in [-0.2, 0) is 29.0 Å². The van der Waals surface area contributed by atoms with Gasteiger partial charge >= 0.3 is 5.97 Å². The third kappa shape index (κ3) is 11.9. The summed E-state index contributed by atoms with van der Waals surface area (Å²) in [5.41, 5.74) is 13.4. The number of H-pyrrole nitrogens is 3. The Hall–Kier alpha value is -3.97. The average molecular weight is 807 g/mol. The Morgan fingerprint density at radius 3 is 2.17 bits per heavy atom. The van der Waals surface area contributed by atoms with Gasteiger partial charge < -0.3 is 30.1 Å². The number of hydrogen-bond acceptors (Lipinski definition) is 4. The molecule has 5 rings (SSSR count). The molecule has 5 atom stereocenters. The van der Waals surface area contributed by atoms with Gasteiger partial charge in [0.2, 0.25) is 0 Å². The number of aliphatic hydroxyl groups excluding tert-OH is 1. The molecule has 2 aliphatic rings. The first kappa shape index (κ1) is 46.1. The number of allylic oxidation sites excluding steroid dienone is 2. The highest BCUT2D eigenvalue weighted by Gasteiger charge is 2.38. The van der Waals surface area contributed by atoms with E-state index < -0.39 is 0 Å². The van der Waals surface area contributed by atoms with Gasteiger partial charge in [0.1, 0.15) is 6.61 Å². The van der Waals surface area contributed by atoms with E-state index in [4.69, 9.17) is 4.74 Å². The summed E-state index contributed by atoms with van der Waals surface area (Å²) in [7, 11) is 0. The predicted octanol–water partition coefficient (Wildman–Crippen LogP) is 10.8. The smallest absolute Gasteiger partial charge is 0.306 e. The molecule has 3 aromatic heterocycles. The van der Waals surface area contributed by atoms with Crippen molar-refractivity contribution in [2.24, 2.45) is 29.6 Å². The van der Waals surface area contributed by atoms with Crippen LogP contribution in [0.3, 0.4) is 0 Å². The molecule has 0 aliphatic carbocycles. The molecule has 1 unspecified atom stereocenters. The maximum atomic E-state index is 13.2. The maximum Gasteiger partial charge on any atom is 0.306 e. The lowest BCUT2D eigenvalue weighted by molar-refractivity contribution is -0.142. The minimum absolute atomic E-state index is 0.0323. The zero-order chi connectivity index (χ0) is 42.8. The van der Waals surface area contributed by atoms with Gasteiger partial charge in [-0.3, -0.25) is 4.79 Å². The number of carbonyl (C=O) groups excluding carboxylic acids is 1. The number of fused-ring (bicyclic) bond motifs is 8. The van der Waals surface area contributed by atoms with Crippen molar-refractivity contribution in [3.63, 3.8) is 0 Å². The van der Waals surface area contributed by atoms with Crippen LogP contribution >= 0.6 is 0 Å². The fourth-order valence-corrected chi connectivity index (χ4v) is 9.80. The van der Waals surface area contributed by atoms with Crippen LogP contribution in [0.25, 0.3) is 24.3 Å². The Morgan fingerprint density at radius 2 is 1.51 bits per heavy atom. The standard InChI is InChI=1S/C52H78N4O3/c1-12-40-36(8)44-27-45-38(10)42(23-24-52(58)59-26-25-35(7)22-16-21-34(6)20-15-19-33(5)18-14-17-32(3)4)50(55-45)30-51-43(31-57)39(11)47(56-51)29-49-41(13-2)37(9)46(54-49)28-48(40)53-44/h12,25,27-29,32-34,38,42,50,53-57H,1,13-24,26,30-31H2,2-11H3/b35-25+,45-27-,46-28-,49-29-/t33-,34-,38+,42+,50?/m1/s1. The molecule has 5 heterocycles. The van der Waals surface area contributed by atoms with Gasteiger partial charge in [0.15, 0.2) is 0 Å². The van der Waals surface area contributed by atoms with Crippen LogP contribution in [0.2, 0.25) is 0 Å². The Bertz CT molecular complexity index is 2070. The van der Waals surface area contributed by atoms with E-state index in [9.17, 15) is 9.90 Å². The topological polar surface area (TPSA) is 106 Å². The lowest BCUT2D eigenvalue weighted by Gasteiger charge is -2.21. The van der Waals surface area contributed by atoms with Gasteiger partial charge in [0.05, 0.1) is 6.61 Å². The van der Waals surface area contributed by atoms with Crippen molar-refractivity contribution in [1.82, 2.24) is 20.3 Å². The molecule has 7 heteroatoms. The quantitative estimate of drug-likeness (QED) is 0.0579. The second-order valence-electron chi connectivity index (χ2n) is 18.8. The van der Waals surface area contributed by atoms with Crippen LogP contribution in [0.15, 0.2) is 23.9 Å². The number of ether oxygens (including phenoxy) is 1. The monoisotopic (exact) mass is 807 g/mol. The predicted molar refractivity (Wildman–Crippen MR) is 248 cm³/mol. The normalized spacial score (nSPS) is 20.9. The second kappa shape index (κ2) is 21.5. The molecular formula is C52H78N4O3. The molecule has 2 aliphatic heterocycles. The Balaban J connectivity index is 1.23. The Morgan fingerprint density at radius 1 is 0.847 bits per heavy atom. The highest BCUT2D eigenvalue weighted by Crippen LogP contribution is 2.38. The molecule has 0 radical (unpaired) electrons. The summed E-state index contributed by atoms with van der Waals surface area (Å²) in [4.78, 5) is 24.4. The summed E-state index contributed by atoms with van der Waals surface area (Å²) >= 11 is 0. The van der Waals surface area contributed by atoms with E-state index in [1.165, 1.54) is 68.1 Å². The summed E-state index contributed by atoms with van der Waals surface area (Å²) in [6, 6.07) is 0.0708. The lowest BCUT2D eigenvalue weighted by atomic mass is 9.84. The van der Waals surface area contributed by atoms with Crippen LogP contribution in [-0.4, -0.2) is 38.7 Å². The fraction of sp³-hybridized carbons (Fsp3) is 0.596. The molecule has 3 aromatic rings. The molecule has 59 heavy (non-hydrogen) atoms. The first-order valence-electron chi connectivity index (χ1n) is 23.1. The maximum absolute atomic E-state index is 13.2. The molecule has 5 N–H and O–H groups in total. The Labute approximate surface area is 356 Å². The van der Waals surface area contributed by atoms with Gasteiger partial charge in [0.25, 0.3) is 0 Å². The molecule has 7 nitrogen and oxygen atoms in total. The zero-order valence-electron chi connectivity index (χ0n) is 38.4. The molecule has 0 amide bonds. The second-order valence-corrected chi connectivity index (χ2v) is 18.8. The minimum atomic E-state index is -0.144. The number of nitrogens with one attached hydrogen (secondary N) is 4. The summed E-state index contributed by atoms with van der Waals surface area (Å²) in [6.45, 7) is 27.0. The van der Waals surface area contributed by atoms with E-state index >= 15 is 0 Å². The van der Waals surface area contributed by atoms with Crippen molar-refractivity contribution < 1.29 is 14.6 Å². The van der Waals surface area contributed by atoms with E-state index in [1.807, 2.05) is 6.08 Å². The molecule has 8 bridgehead atoms. The molecule has 0 spiro atoms. The average Bonchev–Trinajstić information content (AvgIpc) is 3.85. The SMILES string of the molecule is C=Cc1c2[nH]c(c1C)/C=C1\NC(Cc3[nH]c(c(C)c3CO)/C=c3\[nH]/c(c(C)c3CC)=C\2)[C@@H](CCC(=O)OC/C=C(\C)CCC[C@H](C)CCC[C@H](C)CCCC(C)C)[C@@H]1C. The first-order valence-corrected chi connectivity index (χ1v) is 23.1. The molecule has 1 fully saturated rings. The van der Waals surface area contributed by atoms with Crippen LogP contribution < -0.4 is 16.0 Å². The highest BCUT2D eigenvalue weighted by atomic mass is 16.5. The van der Waals surface area contributed by atoms with E-state index in [2.05, 4.69) is 120 Å². The van der Waals surface area contributed by atoms with Gasteiger partial charge in [-0.1, -0.05) is 105 Å². The summed E-state index contributed by atoms with van der Waals surface area (Å²) in [5.74, 6) is 2.66. The number of esters is 1. The van der Waals surface area contributed by atoms with Crippen LogP contribution in [0, 0.1) is 50.4 Å². The third-order valence-corrected chi connectivity index (χ3v) is 13.8. The van der Waals surface area contributed by atoms with Crippen molar-refractivity contribution in [2.75, 3.05) is 6.61 Å². The van der Waals surface area contributed by atoms with Crippen molar-refractivity contribution in [2.45, 2.75) is 165 Å². The first-order chi connectivity index (χ1) is 28.2. The summed E-state index contributed by atoms with van der Waals surface area (Å²) in [5, 5.41) is 16.7. The van der Waals surface area contributed by atoms with Crippen LogP contribution in [0.1, 0.15) is 175 Å². The zero-order valence-corrected chi connectivity index (χ0v) is 38.4. The number of carbonyl (C=O) groups is 1. The van der Waals surface area contributed by atoms with Crippen molar-refractivity contribution >= 4 is 30.3 Å². The van der Waals surface area contributed by atoms with Crippen molar-refractivity contribution in [3.8, 4) is 0 Å². The number of hydrogen-bond donors (Lipinski definition) is 5. The largest absolute Gasteiger partial charge is 0.461 e. The molecule has 0 aromatic carbocycles. The van der Waals surface area contributed by atoms with Gasteiger partial charge in [-0.15, -0.1) is 0 Å². The fourth-order valence-electron chi connectivity index (χ4n) is 9.80. The van der Waals surface area contributed by atoms with Crippen LogP contribution in [0.4, 0.5) is 0 Å². The third-order valence-electron chi connectivity index (χ3n) is 13.8. The molecule has 0 saturated carbocycles. The summed E-state index contributed by atoms with van der Waals surface area (Å²) < 4.78 is 5.80. The number of rotatable bonds is 20. The summed E-state index contributed by atoms with van der Waals surface area (Å²) in [6.07, 6.45) is 25.0. The molecular weight excluding hydrogens is 729 g/mol. The van der Waals surface area contributed by atoms with E-state index in [-0.39, 0.29) is 30.5 Å². The Kier molecular flexibility index (Phi) is 16.8. The van der Waals surface area contributed by atoms with Gasteiger partial charge in [-0.2, -0.15) is 0 Å². The molecule has 1 saturated heterocycles. The lowest BCUT2D eigenvalue weighted by Crippen LogP contribution is -2.30. The van der Waals surface area contributed by atoms with E-state index in [1.54, 1.807) is 0 Å².